The lowest BCUT2D eigenvalue weighted by atomic mass is 10.1. The summed E-state index contributed by atoms with van der Waals surface area (Å²) in [5.41, 5.74) is 3.15. The molecule has 0 aliphatic heterocycles. The van der Waals surface area contributed by atoms with Gasteiger partial charge in [-0.05, 0) is 32.9 Å². The maximum atomic E-state index is 12.4. The molecule has 3 aromatic heterocycles. The molecule has 3 heterocycles. The van der Waals surface area contributed by atoms with Crippen LogP contribution in [-0.4, -0.2) is 35.9 Å². The maximum absolute atomic E-state index is 12.4. The minimum Gasteiger partial charge on any atom is -0.344 e. The van der Waals surface area contributed by atoms with Gasteiger partial charge in [0, 0.05) is 11.3 Å². The van der Waals surface area contributed by atoms with Crippen molar-refractivity contribution in [3.8, 4) is 5.82 Å². The molecule has 1 unspecified atom stereocenters. The number of aryl methyl sites for hydroxylation is 2. The molecule has 8 nitrogen and oxygen atoms in total. The molecule has 3 aromatic rings. The minimum absolute atomic E-state index is 0.165. The van der Waals surface area contributed by atoms with Crippen molar-refractivity contribution in [2.45, 2.75) is 26.8 Å². The van der Waals surface area contributed by atoms with Gasteiger partial charge in [0.25, 0.3) is 5.91 Å². The molecule has 0 saturated heterocycles. The Morgan fingerprint density at radius 2 is 2.00 bits per heavy atom. The molecule has 8 heteroatoms. The molecule has 0 fully saturated rings. The quantitative estimate of drug-likeness (QED) is 0.760. The number of carbonyl (C=O) groups is 1. The van der Waals surface area contributed by atoms with Gasteiger partial charge in [-0.3, -0.25) is 14.5 Å². The lowest BCUT2D eigenvalue weighted by molar-refractivity contribution is 0.0934. The summed E-state index contributed by atoms with van der Waals surface area (Å²) < 4.78 is 1.64. The Labute approximate surface area is 133 Å². The van der Waals surface area contributed by atoms with Crippen molar-refractivity contribution < 1.29 is 4.79 Å². The highest BCUT2D eigenvalue weighted by Crippen LogP contribution is 2.19. The van der Waals surface area contributed by atoms with Gasteiger partial charge in [0.1, 0.15) is 24.2 Å². The van der Waals surface area contributed by atoms with Gasteiger partial charge >= 0.3 is 0 Å². The van der Waals surface area contributed by atoms with E-state index in [0.29, 0.717) is 11.5 Å². The number of nitrogens with one attached hydrogen (secondary N) is 2. The first kappa shape index (κ1) is 14.9. The van der Waals surface area contributed by atoms with E-state index in [-0.39, 0.29) is 11.9 Å². The van der Waals surface area contributed by atoms with Crippen LogP contribution in [0, 0.1) is 13.8 Å². The van der Waals surface area contributed by atoms with Gasteiger partial charge in [-0.15, -0.1) is 10.2 Å². The average molecular weight is 311 g/mol. The zero-order valence-corrected chi connectivity index (χ0v) is 13.1. The van der Waals surface area contributed by atoms with Crippen molar-refractivity contribution >= 4 is 5.91 Å². The summed E-state index contributed by atoms with van der Waals surface area (Å²) in [4.78, 5) is 16.8. The summed E-state index contributed by atoms with van der Waals surface area (Å²) in [6, 6.07) is 5.07. The zero-order valence-electron chi connectivity index (χ0n) is 13.1. The van der Waals surface area contributed by atoms with Crippen molar-refractivity contribution in [2.24, 2.45) is 0 Å². The molecule has 2 N–H and O–H groups in total. The van der Waals surface area contributed by atoms with Gasteiger partial charge in [0.15, 0.2) is 0 Å². The van der Waals surface area contributed by atoms with E-state index in [2.05, 4.69) is 30.7 Å². The number of carbonyl (C=O) groups excluding carboxylic acids is 1. The fraction of sp³-hybridized carbons (Fsp3) is 0.267. The lowest BCUT2D eigenvalue weighted by Gasteiger charge is -2.14. The van der Waals surface area contributed by atoms with Gasteiger partial charge in [0.2, 0.25) is 0 Å². The van der Waals surface area contributed by atoms with Crippen LogP contribution in [0.2, 0.25) is 0 Å². The Balaban J connectivity index is 1.80. The average Bonchev–Trinajstić information content (AvgIpc) is 3.17. The van der Waals surface area contributed by atoms with Crippen LogP contribution < -0.4 is 5.32 Å². The number of amides is 1. The van der Waals surface area contributed by atoms with Crippen LogP contribution in [0.3, 0.4) is 0 Å². The normalized spacial score (nSPS) is 12.1. The first-order valence-corrected chi connectivity index (χ1v) is 7.20. The number of pyridine rings is 1. The summed E-state index contributed by atoms with van der Waals surface area (Å²) in [5.74, 6) is 0.346. The fourth-order valence-electron chi connectivity index (χ4n) is 2.55. The molecule has 0 radical (unpaired) electrons. The van der Waals surface area contributed by atoms with Crippen LogP contribution in [0.25, 0.3) is 5.82 Å². The maximum Gasteiger partial charge on any atom is 0.270 e. The third kappa shape index (κ3) is 2.96. The van der Waals surface area contributed by atoms with Gasteiger partial charge in [0.05, 0.1) is 11.7 Å². The number of H-pyrrole nitrogens is 1. The standard InChI is InChI=1S/C15H17N7O/c1-9(14-10(2)20-21-11(14)3)18-15(23)12-5-4-6-13(19-12)22-7-16-17-8-22/h4-9H,1-3H3,(H,18,23)(H,20,21). The summed E-state index contributed by atoms with van der Waals surface area (Å²) in [6.45, 7) is 5.77. The number of aromatic nitrogens is 6. The number of rotatable bonds is 4. The smallest absolute Gasteiger partial charge is 0.270 e. The highest BCUT2D eigenvalue weighted by Gasteiger charge is 2.18. The van der Waals surface area contributed by atoms with E-state index in [9.17, 15) is 4.79 Å². The SMILES string of the molecule is Cc1n[nH]c(C)c1C(C)NC(=O)c1cccc(-n2cnnc2)n1. The number of nitrogens with zero attached hydrogens (tertiary/aromatic N) is 5. The summed E-state index contributed by atoms with van der Waals surface area (Å²) in [5, 5.41) is 17.5. The molecule has 0 saturated carbocycles. The second-order valence-electron chi connectivity index (χ2n) is 5.29. The van der Waals surface area contributed by atoms with Crippen molar-refractivity contribution in [3.63, 3.8) is 0 Å². The van der Waals surface area contributed by atoms with E-state index < -0.39 is 0 Å². The van der Waals surface area contributed by atoms with Gasteiger partial charge < -0.3 is 5.32 Å². The first-order valence-electron chi connectivity index (χ1n) is 7.20. The van der Waals surface area contributed by atoms with Crippen molar-refractivity contribution in [2.75, 3.05) is 0 Å². The van der Waals surface area contributed by atoms with Crippen LogP contribution in [-0.2, 0) is 0 Å². The van der Waals surface area contributed by atoms with Crippen LogP contribution in [0.4, 0.5) is 0 Å². The monoisotopic (exact) mass is 311 g/mol. The molecule has 118 valence electrons. The number of hydrogen-bond donors (Lipinski definition) is 2. The molecule has 3 rings (SSSR count). The third-order valence-electron chi connectivity index (χ3n) is 3.62. The molecule has 0 spiro atoms. The van der Waals surface area contributed by atoms with E-state index in [1.54, 1.807) is 22.8 Å². The van der Waals surface area contributed by atoms with E-state index in [0.717, 1.165) is 17.0 Å². The Kier molecular flexibility index (Phi) is 3.88. The van der Waals surface area contributed by atoms with Crippen LogP contribution in [0.15, 0.2) is 30.9 Å². The largest absolute Gasteiger partial charge is 0.344 e. The van der Waals surface area contributed by atoms with Crippen LogP contribution in [0.5, 0.6) is 0 Å². The molecule has 0 bridgehead atoms. The van der Waals surface area contributed by atoms with E-state index in [1.807, 2.05) is 20.8 Å². The molecule has 0 aliphatic carbocycles. The summed E-state index contributed by atoms with van der Waals surface area (Å²) in [6.07, 6.45) is 3.07. The molecular weight excluding hydrogens is 294 g/mol. The predicted octanol–water partition coefficient (Wildman–Crippen LogP) is 1.49. The predicted molar refractivity (Wildman–Crippen MR) is 83.1 cm³/mol. The Morgan fingerprint density at radius 3 is 2.65 bits per heavy atom. The van der Waals surface area contributed by atoms with Gasteiger partial charge in [-0.1, -0.05) is 6.07 Å². The molecule has 1 atom stereocenters. The lowest BCUT2D eigenvalue weighted by Crippen LogP contribution is -2.28. The second-order valence-corrected chi connectivity index (χ2v) is 5.29. The summed E-state index contributed by atoms with van der Waals surface area (Å²) in [7, 11) is 0. The molecule has 23 heavy (non-hydrogen) atoms. The first-order chi connectivity index (χ1) is 11.1. The highest BCUT2D eigenvalue weighted by molar-refractivity contribution is 5.92. The van der Waals surface area contributed by atoms with E-state index in [1.165, 1.54) is 12.7 Å². The number of aromatic amines is 1. The molecule has 1 amide bonds. The van der Waals surface area contributed by atoms with Crippen LogP contribution >= 0.6 is 0 Å². The third-order valence-corrected chi connectivity index (χ3v) is 3.62. The molecule has 0 aliphatic rings. The fourth-order valence-corrected chi connectivity index (χ4v) is 2.55. The molecular formula is C15H17N7O. The number of hydrogen-bond acceptors (Lipinski definition) is 5. The minimum atomic E-state index is -0.243. The van der Waals surface area contributed by atoms with Gasteiger partial charge in [-0.25, -0.2) is 4.98 Å². The van der Waals surface area contributed by atoms with Crippen molar-refractivity contribution in [3.05, 3.63) is 53.5 Å². The Morgan fingerprint density at radius 1 is 1.26 bits per heavy atom. The highest BCUT2D eigenvalue weighted by atomic mass is 16.1. The van der Waals surface area contributed by atoms with Crippen molar-refractivity contribution in [1.29, 1.82) is 0 Å². The Hall–Kier alpha value is -3.03. The van der Waals surface area contributed by atoms with E-state index in [4.69, 9.17) is 0 Å². The topological polar surface area (TPSA) is 101 Å². The Bertz CT molecular complexity index is 803. The summed E-state index contributed by atoms with van der Waals surface area (Å²) >= 11 is 0. The van der Waals surface area contributed by atoms with Crippen molar-refractivity contribution in [1.82, 2.24) is 35.3 Å². The second kappa shape index (κ2) is 5.99. The van der Waals surface area contributed by atoms with E-state index >= 15 is 0 Å². The van der Waals surface area contributed by atoms with Gasteiger partial charge in [-0.2, -0.15) is 5.10 Å². The zero-order chi connectivity index (χ0) is 16.4. The molecule has 0 aromatic carbocycles. The van der Waals surface area contributed by atoms with Crippen LogP contribution in [0.1, 0.15) is 40.4 Å².